The number of amides is 1. The standard InChI is InChI=1S/C22H24N4O3/c1-3-26(4-2)19-8-6-18(7-9-19)24-14-17(12-23)22(27)25-13-16-5-10-20-21(11-16)29-15-28-20/h5-11,14,24H,3-4,13,15H2,1-2H3,(H,25,27)/b17-14-. The molecule has 0 fully saturated rings. The van der Waals surface area contributed by atoms with Crippen molar-refractivity contribution in [1.29, 1.82) is 5.26 Å². The quantitative estimate of drug-likeness (QED) is 0.529. The lowest BCUT2D eigenvalue weighted by molar-refractivity contribution is -0.117. The van der Waals surface area contributed by atoms with E-state index in [0.717, 1.165) is 30.0 Å². The summed E-state index contributed by atoms with van der Waals surface area (Å²) in [5.74, 6) is 0.897. The Labute approximate surface area is 170 Å². The van der Waals surface area contributed by atoms with Gasteiger partial charge in [-0.3, -0.25) is 4.79 Å². The zero-order valence-corrected chi connectivity index (χ0v) is 16.6. The molecule has 0 spiro atoms. The second-order valence-corrected chi connectivity index (χ2v) is 6.40. The van der Waals surface area contributed by atoms with Gasteiger partial charge in [-0.1, -0.05) is 6.07 Å². The topological polar surface area (TPSA) is 86.6 Å². The van der Waals surface area contributed by atoms with Crippen LogP contribution in [0.3, 0.4) is 0 Å². The number of rotatable bonds is 8. The third kappa shape index (κ3) is 4.99. The molecule has 7 heteroatoms. The number of carbonyl (C=O) groups is 1. The Balaban J connectivity index is 1.57. The maximum atomic E-state index is 12.3. The zero-order valence-electron chi connectivity index (χ0n) is 16.6. The lowest BCUT2D eigenvalue weighted by atomic mass is 10.2. The fraction of sp³-hybridized carbons (Fsp3) is 0.273. The van der Waals surface area contributed by atoms with Crippen LogP contribution in [0.15, 0.2) is 54.2 Å². The molecule has 150 valence electrons. The summed E-state index contributed by atoms with van der Waals surface area (Å²) in [4.78, 5) is 14.6. The molecule has 0 atom stereocenters. The molecule has 1 aliphatic heterocycles. The molecule has 0 saturated heterocycles. The highest BCUT2D eigenvalue weighted by molar-refractivity contribution is 5.97. The van der Waals surface area contributed by atoms with Gasteiger partial charge in [0.1, 0.15) is 11.6 Å². The van der Waals surface area contributed by atoms with Crippen molar-refractivity contribution in [3.63, 3.8) is 0 Å². The first-order valence-corrected chi connectivity index (χ1v) is 9.53. The second-order valence-electron chi connectivity index (χ2n) is 6.40. The Morgan fingerprint density at radius 1 is 1.14 bits per heavy atom. The molecule has 0 aliphatic carbocycles. The fourth-order valence-electron chi connectivity index (χ4n) is 2.99. The molecular weight excluding hydrogens is 368 g/mol. The van der Waals surface area contributed by atoms with Gasteiger partial charge in [-0.05, 0) is 55.8 Å². The number of hydrogen-bond acceptors (Lipinski definition) is 6. The summed E-state index contributed by atoms with van der Waals surface area (Å²) in [6.07, 6.45) is 1.42. The first kappa shape index (κ1) is 20.1. The van der Waals surface area contributed by atoms with Gasteiger partial charge in [0.05, 0.1) is 0 Å². The van der Waals surface area contributed by atoms with Crippen LogP contribution in [0.4, 0.5) is 11.4 Å². The van der Waals surface area contributed by atoms with E-state index in [1.54, 1.807) is 6.07 Å². The Hall–Kier alpha value is -3.66. The SMILES string of the molecule is CCN(CC)c1ccc(N/C=C(/C#N)C(=O)NCc2ccc3c(c2)OCO3)cc1. The van der Waals surface area contributed by atoms with Crippen LogP contribution in [0.1, 0.15) is 19.4 Å². The van der Waals surface area contributed by atoms with Crippen molar-refractivity contribution in [2.24, 2.45) is 0 Å². The average molecular weight is 392 g/mol. The first-order valence-electron chi connectivity index (χ1n) is 9.53. The van der Waals surface area contributed by atoms with Gasteiger partial charge in [-0.15, -0.1) is 0 Å². The fourth-order valence-corrected chi connectivity index (χ4v) is 2.99. The highest BCUT2D eigenvalue weighted by Crippen LogP contribution is 2.32. The van der Waals surface area contributed by atoms with Gasteiger partial charge in [0, 0.05) is 37.2 Å². The molecule has 1 amide bonds. The van der Waals surface area contributed by atoms with Crippen molar-refractivity contribution in [3.05, 3.63) is 59.8 Å². The van der Waals surface area contributed by atoms with E-state index in [0.29, 0.717) is 11.5 Å². The van der Waals surface area contributed by atoms with Gasteiger partial charge in [0.25, 0.3) is 5.91 Å². The van der Waals surface area contributed by atoms with Crippen molar-refractivity contribution in [2.75, 3.05) is 30.1 Å². The predicted molar refractivity (Wildman–Crippen MR) is 112 cm³/mol. The van der Waals surface area contributed by atoms with E-state index in [2.05, 4.69) is 29.4 Å². The Morgan fingerprint density at radius 2 is 1.86 bits per heavy atom. The van der Waals surface area contributed by atoms with Crippen molar-refractivity contribution in [3.8, 4) is 17.6 Å². The predicted octanol–water partition coefficient (Wildman–Crippen LogP) is 3.40. The molecule has 2 aromatic rings. The van der Waals surface area contributed by atoms with Crippen LogP contribution < -0.4 is 25.0 Å². The number of anilines is 2. The number of hydrogen-bond donors (Lipinski definition) is 2. The molecule has 1 heterocycles. The average Bonchev–Trinajstić information content (AvgIpc) is 3.22. The summed E-state index contributed by atoms with van der Waals surface area (Å²) in [5, 5.41) is 15.1. The van der Waals surface area contributed by atoms with Gasteiger partial charge in [0.2, 0.25) is 6.79 Å². The largest absolute Gasteiger partial charge is 0.454 e. The van der Waals surface area contributed by atoms with Crippen molar-refractivity contribution in [2.45, 2.75) is 20.4 Å². The van der Waals surface area contributed by atoms with Crippen LogP contribution >= 0.6 is 0 Å². The lowest BCUT2D eigenvalue weighted by Crippen LogP contribution is -2.24. The molecule has 0 unspecified atom stereocenters. The molecule has 0 radical (unpaired) electrons. The van der Waals surface area contributed by atoms with Gasteiger partial charge >= 0.3 is 0 Å². The van der Waals surface area contributed by atoms with Gasteiger partial charge in [0.15, 0.2) is 11.5 Å². The van der Waals surface area contributed by atoms with E-state index < -0.39 is 5.91 Å². The molecule has 3 rings (SSSR count). The monoisotopic (exact) mass is 392 g/mol. The van der Waals surface area contributed by atoms with Gasteiger partial charge < -0.3 is 25.0 Å². The second kappa shape index (κ2) is 9.51. The first-order chi connectivity index (χ1) is 14.1. The Kier molecular flexibility index (Phi) is 6.59. The maximum absolute atomic E-state index is 12.3. The van der Waals surface area contributed by atoms with Crippen LogP contribution in [0.2, 0.25) is 0 Å². The number of benzene rings is 2. The number of ether oxygens (including phenoxy) is 2. The maximum Gasteiger partial charge on any atom is 0.263 e. The zero-order chi connectivity index (χ0) is 20.6. The van der Waals surface area contributed by atoms with Crippen LogP contribution in [0, 0.1) is 11.3 Å². The van der Waals surface area contributed by atoms with Gasteiger partial charge in [-0.2, -0.15) is 5.26 Å². The van der Waals surface area contributed by atoms with E-state index in [4.69, 9.17) is 9.47 Å². The molecule has 1 aliphatic rings. The van der Waals surface area contributed by atoms with Crippen molar-refractivity contribution < 1.29 is 14.3 Å². The van der Waals surface area contributed by atoms with Crippen LogP contribution in [0.5, 0.6) is 11.5 Å². The molecule has 0 saturated carbocycles. The normalized spacial score (nSPS) is 12.2. The molecule has 7 nitrogen and oxygen atoms in total. The number of nitrogens with zero attached hydrogens (tertiary/aromatic N) is 2. The summed E-state index contributed by atoms with van der Waals surface area (Å²) in [6, 6.07) is 15.2. The third-order valence-electron chi connectivity index (χ3n) is 4.63. The Bertz CT molecular complexity index is 928. The summed E-state index contributed by atoms with van der Waals surface area (Å²) in [7, 11) is 0. The highest BCUT2D eigenvalue weighted by atomic mass is 16.7. The van der Waals surface area contributed by atoms with Crippen LogP contribution in [0.25, 0.3) is 0 Å². The molecule has 29 heavy (non-hydrogen) atoms. The highest BCUT2D eigenvalue weighted by Gasteiger charge is 2.14. The van der Waals surface area contributed by atoms with E-state index in [9.17, 15) is 10.1 Å². The number of nitrogens with one attached hydrogen (secondary N) is 2. The number of fused-ring (bicyclic) bond motifs is 1. The minimum absolute atomic E-state index is 0.00133. The molecule has 2 N–H and O–H groups in total. The van der Waals surface area contributed by atoms with Gasteiger partial charge in [-0.25, -0.2) is 0 Å². The van der Waals surface area contributed by atoms with E-state index in [1.165, 1.54) is 6.20 Å². The summed E-state index contributed by atoms with van der Waals surface area (Å²) in [5.41, 5.74) is 2.79. The third-order valence-corrected chi connectivity index (χ3v) is 4.63. The number of carbonyl (C=O) groups excluding carboxylic acids is 1. The minimum Gasteiger partial charge on any atom is -0.454 e. The lowest BCUT2D eigenvalue weighted by Gasteiger charge is -2.21. The summed E-state index contributed by atoms with van der Waals surface area (Å²) >= 11 is 0. The molecule has 2 aromatic carbocycles. The molecule has 0 aromatic heterocycles. The van der Waals surface area contributed by atoms with Crippen molar-refractivity contribution in [1.82, 2.24) is 5.32 Å². The van der Waals surface area contributed by atoms with E-state index in [-0.39, 0.29) is 18.9 Å². The summed E-state index contributed by atoms with van der Waals surface area (Å²) < 4.78 is 10.6. The van der Waals surface area contributed by atoms with Crippen LogP contribution in [-0.4, -0.2) is 25.8 Å². The summed E-state index contributed by atoms with van der Waals surface area (Å²) in [6.45, 7) is 6.58. The molecular formula is C22H24N4O3. The Morgan fingerprint density at radius 3 is 2.55 bits per heavy atom. The van der Waals surface area contributed by atoms with E-state index >= 15 is 0 Å². The van der Waals surface area contributed by atoms with E-state index in [1.807, 2.05) is 42.5 Å². The minimum atomic E-state index is -0.447. The van der Waals surface area contributed by atoms with Crippen LogP contribution in [-0.2, 0) is 11.3 Å². The smallest absolute Gasteiger partial charge is 0.263 e. The van der Waals surface area contributed by atoms with Crippen molar-refractivity contribution >= 4 is 17.3 Å². The number of nitriles is 1. The molecule has 0 bridgehead atoms.